The lowest BCUT2D eigenvalue weighted by molar-refractivity contribution is -0.183. The van der Waals surface area contributed by atoms with Gasteiger partial charge < -0.3 is 14.6 Å². The van der Waals surface area contributed by atoms with Gasteiger partial charge in [0.05, 0.1) is 6.61 Å². The summed E-state index contributed by atoms with van der Waals surface area (Å²) in [5.41, 5.74) is 1.64. The van der Waals surface area contributed by atoms with E-state index in [1.54, 1.807) is 0 Å². The van der Waals surface area contributed by atoms with Crippen LogP contribution in [0.2, 0.25) is 0 Å². The Morgan fingerprint density at radius 3 is 2.56 bits per heavy atom. The van der Waals surface area contributed by atoms with Gasteiger partial charge in [-0.05, 0) is 42.9 Å². The second kappa shape index (κ2) is 7.59. The van der Waals surface area contributed by atoms with Crippen LogP contribution in [0.15, 0.2) is 66.7 Å². The summed E-state index contributed by atoms with van der Waals surface area (Å²) >= 11 is 0. The van der Waals surface area contributed by atoms with Gasteiger partial charge in [0.1, 0.15) is 11.7 Å². The first-order chi connectivity index (χ1) is 13.2. The van der Waals surface area contributed by atoms with Gasteiger partial charge >= 0.3 is 0 Å². The van der Waals surface area contributed by atoms with E-state index in [0.717, 1.165) is 43.2 Å². The summed E-state index contributed by atoms with van der Waals surface area (Å²) in [6.45, 7) is 2.43. The fourth-order valence-electron chi connectivity index (χ4n) is 4.36. The number of allylic oxidation sites excluding steroid dienone is 2. The van der Waals surface area contributed by atoms with Gasteiger partial charge in [0.15, 0.2) is 5.79 Å². The Morgan fingerprint density at radius 1 is 1.07 bits per heavy atom. The van der Waals surface area contributed by atoms with E-state index in [0.29, 0.717) is 6.61 Å². The van der Waals surface area contributed by atoms with Crippen LogP contribution in [0, 0.1) is 0 Å². The van der Waals surface area contributed by atoms with Crippen LogP contribution in [0.4, 0.5) is 0 Å². The molecule has 2 unspecified atom stereocenters. The Bertz CT molecular complexity index is 792. The predicted molar refractivity (Wildman–Crippen MR) is 106 cm³/mol. The molecule has 2 fully saturated rings. The second-order valence-corrected chi connectivity index (χ2v) is 7.64. The molecule has 3 nitrogen and oxygen atoms in total. The minimum Gasteiger partial charge on any atom is -0.378 e. The number of ether oxygens (including phenoxy) is 2. The highest BCUT2D eigenvalue weighted by Gasteiger charge is 2.52. The van der Waals surface area contributed by atoms with Crippen molar-refractivity contribution in [1.29, 1.82) is 0 Å². The molecule has 2 aromatic carbocycles. The molecule has 1 aliphatic carbocycles. The SMILES string of the molecule is CC=CCc1cccc(C(O)(c2ccccc2)C2COC3(CCCC3)O2)c1. The molecule has 0 aromatic heterocycles. The van der Waals surface area contributed by atoms with Crippen LogP contribution in [-0.2, 0) is 21.5 Å². The van der Waals surface area contributed by atoms with Gasteiger partial charge in [-0.1, -0.05) is 66.7 Å². The molecule has 1 aliphatic heterocycles. The molecule has 2 aromatic rings. The fourth-order valence-corrected chi connectivity index (χ4v) is 4.36. The minimum absolute atomic E-state index is 0.407. The van der Waals surface area contributed by atoms with Crippen molar-refractivity contribution in [2.75, 3.05) is 6.61 Å². The van der Waals surface area contributed by atoms with Gasteiger partial charge in [-0.3, -0.25) is 0 Å². The Hall–Kier alpha value is -1.94. The van der Waals surface area contributed by atoms with Crippen molar-refractivity contribution in [3.8, 4) is 0 Å². The summed E-state index contributed by atoms with van der Waals surface area (Å²) in [7, 11) is 0. The van der Waals surface area contributed by atoms with Gasteiger partial charge in [0, 0.05) is 12.8 Å². The molecule has 0 amide bonds. The van der Waals surface area contributed by atoms with Crippen LogP contribution in [-0.4, -0.2) is 23.6 Å². The lowest BCUT2D eigenvalue weighted by Crippen LogP contribution is -2.43. The topological polar surface area (TPSA) is 38.7 Å². The molecule has 2 atom stereocenters. The number of rotatable bonds is 5. The molecule has 0 radical (unpaired) electrons. The third-order valence-electron chi connectivity index (χ3n) is 5.86. The smallest absolute Gasteiger partial charge is 0.169 e. The molecule has 0 bridgehead atoms. The van der Waals surface area contributed by atoms with Crippen LogP contribution in [0.3, 0.4) is 0 Å². The van der Waals surface area contributed by atoms with Gasteiger partial charge in [0.25, 0.3) is 0 Å². The van der Waals surface area contributed by atoms with Crippen LogP contribution in [0.5, 0.6) is 0 Å². The highest BCUT2D eigenvalue weighted by molar-refractivity contribution is 5.40. The standard InChI is InChI=1S/C24H28O3/c1-2-3-10-19-11-9-14-21(17-19)24(25,20-12-5-4-6-13-20)22-18-26-23(27-22)15-7-8-16-23/h2-6,9,11-14,17,22,25H,7-8,10,15-16,18H2,1H3. The van der Waals surface area contributed by atoms with E-state index in [9.17, 15) is 5.11 Å². The van der Waals surface area contributed by atoms with Crippen molar-refractivity contribution in [2.24, 2.45) is 0 Å². The Morgan fingerprint density at radius 2 is 1.81 bits per heavy atom. The average molecular weight is 364 g/mol. The first-order valence-electron chi connectivity index (χ1n) is 9.96. The maximum atomic E-state index is 12.0. The van der Waals surface area contributed by atoms with Crippen molar-refractivity contribution in [1.82, 2.24) is 0 Å². The zero-order chi connectivity index (χ0) is 18.7. The van der Waals surface area contributed by atoms with E-state index in [1.165, 1.54) is 5.56 Å². The Labute approximate surface area is 161 Å². The van der Waals surface area contributed by atoms with Gasteiger partial charge in [-0.25, -0.2) is 0 Å². The first-order valence-corrected chi connectivity index (χ1v) is 9.96. The zero-order valence-corrected chi connectivity index (χ0v) is 15.9. The van der Waals surface area contributed by atoms with Crippen LogP contribution in [0.1, 0.15) is 49.3 Å². The minimum atomic E-state index is -1.24. The van der Waals surface area contributed by atoms with Gasteiger partial charge in [0.2, 0.25) is 0 Å². The molecule has 3 heteroatoms. The number of hydrogen-bond acceptors (Lipinski definition) is 3. The third-order valence-corrected chi connectivity index (χ3v) is 5.86. The summed E-state index contributed by atoms with van der Waals surface area (Å²) in [6.07, 6.45) is 8.67. The molecule has 1 heterocycles. The molecule has 1 saturated heterocycles. The summed E-state index contributed by atoms with van der Waals surface area (Å²) in [5, 5.41) is 12.0. The van der Waals surface area contributed by atoms with Crippen molar-refractivity contribution in [3.63, 3.8) is 0 Å². The first kappa shape index (κ1) is 18.4. The largest absolute Gasteiger partial charge is 0.378 e. The van der Waals surface area contributed by atoms with Crippen LogP contribution in [0.25, 0.3) is 0 Å². The number of aliphatic hydroxyl groups is 1. The summed E-state index contributed by atoms with van der Waals surface area (Å²) in [4.78, 5) is 0. The Balaban J connectivity index is 1.74. The number of hydrogen-bond donors (Lipinski definition) is 1. The number of benzene rings is 2. The van der Waals surface area contributed by atoms with Crippen molar-refractivity contribution in [3.05, 3.63) is 83.4 Å². The van der Waals surface area contributed by atoms with Crippen LogP contribution >= 0.6 is 0 Å². The van der Waals surface area contributed by atoms with Crippen molar-refractivity contribution < 1.29 is 14.6 Å². The molecule has 142 valence electrons. The highest BCUT2D eigenvalue weighted by atomic mass is 16.7. The second-order valence-electron chi connectivity index (χ2n) is 7.64. The molecule has 2 aliphatic rings. The predicted octanol–water partition coefficient (Wildman–Crippen LogP) is 4.73. The maximum Gasteiger partial charge on any atom is 0.169 e. The highest BCUT2D eigenvalue weighted by Crippen LogP contribution is 2.46. The lowest BCUT2D eigenvalue weighted by atomic mass is 9.81. The van der Waals surface area contributed by atoms with Crippen LogP contribution < -0.4 is 0 Å². The quantitative estimate of drug-likeness (QED) is 0.780. The third kappa shape index (κ3) is 3.47. The molecule has 1 saturated carbocycles. The lowest BCUT2D eigenvalue weighted by Gasteiger charge is -2.35. The van der Waals surface area contributed by atoms with E-state index in [2.05, 4.69) is 18.2 Å². The molecule has 1 spiro atoms. The van der Waals surface area contributed by atoms with Crippen molar-refractivity contribution >= 4 is 0 Å². The van der Waals surface area contributed by atoms with Crippen molar-refractivity contribution in [2.45, 2.75) is 56.5 Å². The van der Waals surface area contributed by atoms with E-state index < -0.39 is 17.5 Å². The summed E-state index contributed by atoms with van der Waals surface area (Å²) < 4.78 is 12.5. The summed E-state index contributed by atoms with van der Waals surface area (Å²) in [6, 6.07) is 18.0. The molecule has 4 rings (SSSR count). The van der Waals surface area contributed by atoms with Gasteiger partial charge in [-0.15, -0.1) is 0 Å². The maximum absolute atomic E-state index is 12.0. The molecular weight excluding hydrogens is 336 g/mol. The molecule has 27 heavy (non-hydrogen) atoms. The fraction of sp³-hybridized carbons (Fsp3) is 0.417. The van der Waals surface area contributed by atoms with Gasteiger partial charge in [-0.2, -0.15) is 0 Å². The average Bonchev–Trinajstić information content (AvgIpc) is 3.37. The van der Waals surface area contributed by atoms with E-state index in [1.807, 2.05) is 55.5 Å². The Kier molecular flexibility index (Phi) is 5.18. The van der Waals surface area contributed by atoms with E-state index in [-0.39, 0.29) is 0 Å². The molecular formula is C24H28O3. The monoisotopic (exact) mass is 364 g/mol. The molecule has 1 N–H and O–H groups in total. The van der Waals surface area contributed by atoms with E-state index in [4.69, 9.17) is 9.47 Å². The normalized spacial score (nSPS) is 23.9. The zero-order valence-electron chi connectivity index (χ0n) is 15.9. The summed E-state index contributed by atoms with van der Waals surface area (Å²) in [5.74, 6) is -0.504. The van der Waals surface area contributed by atoms with E-state index >= 15 is 0 Å².